The quantitative estimate of drug-likeness (QED) is 0.441. The number of thioether (sulfide) groups is 1. The molecule has 0 radical (unpaired) electrons. The van der Waals surface area contributed by atoms with E-state index in [1.165, 1.54) is 6.42 Å². The fourth-order valence-electron chi connectivity index (χ4n) is 7.18. The number of unbranched alkanes of at least 4 members (excludes halogenated alkanes) is 1. The lowest BCUT2D eigenvalue weighted by Crippen LogP contribution is -2.55. The van der Waals surface area contributed by atoms with Crippen molar-refractivity contribution in [3.05, 3.63) is 35.9 Å². The van der Waals surface area contributed by atoms with Gasteiger partial charge in [0, 0.05) is 30.5 Å². The fourth-order valence-corrected chi connectivity index (χ4v) is 9.54. The van der Waals surface area contributed by atoms with Crippen LogP contribution >= 0.6 is 11.8 Å². The molecule has 1 aromatic carbocycles. The molecule has 1 saturated carbocycles. The molecule has 3 aliphatic heterocycles. The number of aliphatic hydroxyl groups excluding tert-OH is 1. The highest BCUT2D eigenvalue weighted by Crippen LogP contribution is 2.71. The predicted molar refractivity (Wildman–Crippen MR) is 140 cm³/mol. The Morgan fingerprint density at radius 2 is 1.83 bits per heavy atom. The molecule has 3 N–H and O–H groups in total. The minimum absolute atomic E-state index is 0.0520. The molecule has 196 valence electrons. The van der Waals surface area contributed by atoms with Gasteiger partial charge >= 0.3 is 0 Å². The van der Waals surface area contributed by atoms with E-state index in [0.717, 1.165) is 44.1 Å². The molecule has 8 heteroatoms. The molecule has 4 aliphatic rings. The summed E-state index contributed by atoms with van der Waals surface area (Å²) in [6.07, 6.45) is 8.26. The number of aliphatic hydroxyl groups is 1. The third-order valence-corrected chi connectivity index (χ3v) is 10.9. The van der Waals surface area contributed by atoms with Crippen molar-refractivity contribution in [1.29, 1.82) is 0 Å². The number of benzene rings is 1. The van der Waals surface area contributed by atoms with Crippen molar-refractivity contribution in [2.45, 2.75) is 92.8 Å². The van der Waals surface area contributed by atoms with Crippen LogP contribution in [-0.2, 0) is 20.9 Å². The number of hydrogen-bond donors (Lipinski definition) is 3. The summed E-state index contributed by atoms with van der Waals surface area (Å²) in [5.74, 6) is -1.15. The second-order valence-corrected chi connectivity index (χ2v) is 13.1. The predicted octanol–water partition coefficient (Wildman–Crippen LogP) is 3.01. The largest absolute Gasteiger partial charge is 0.396 e. The molecule has 1 spiro atoms. The van der Waals surface area contributed by atoms with Crippen LogP contribution in [0.5, 0.6) is 0 Å². The molecule has 5 atom stereocenters. The average molecular weight is 514 g/mol. The van der Waals surface area contributed by atoms with Crippen LogP contribution in [0, 0.1) is 11.8 Å². The van der Waals surface area contributed by atoms with Crippen molar-refractivity contribution < 1.29 is 19.5 Å². The zero-order valence-electron chi connectivity index (χ0n) is 21.2. The van der Waals surface area contributed by atoms with Gasteiger partial charge in [0.1, 0.15) is 6.04 Å². The Morgan fingerprint density at radius 3 is 2.56 bits per heavy atom. The number of likely N-dealkylation sites (tertiary alicyclic amines) is 1. The summed E-state index contributed by atoms with van der Waals surface area (Å²) >= 11 is 1.72. The molecule has 36 heavy (non-hydrogen) atoms. The van der Waals surface area contributed by atoms with Crippen molar-refractivity contribution in [2.75, 3.05) is 13.2 Å². The van der Waals surface area contributed by atoms with Gasteiger partial charge in [-0.25, -0.2) is 0 Å². The van der Waals surface area contributed by atoms with Crippen LogP contribution in [0.1, 0.15) is 70.3 Å². The summed E-state index contributed by atoms with van der Waals surface area (Å²) in [6.45, 7) is 3.04. The number of nitrogens with zero attached hydrogens (tertiary/aromatic N) is 1. The monoisotopic (exact) mass is 513 g/mol. The zero-order valence-corrected chi connectivity index (χ0v) is 22.0. The van der Waals surface area contributed by atoms with Crippen LogP contribution in [0.3, 0.4) is 0 Å². The van der Waals surface area contributed by atoms with Gasteiger partial charge in [0.2, 0.25) is 17.7 Å². The van der Waals surface area contributed by atoms with Crippen LogP contribution in [0.15, 0.2) is 30.3 Å². The van der Waals surface area contributed by atoms with Crippen molar-refractivity contribution in [2.24, 2.45) is 11.8 Å². The van der Waals surface area contributed by atoms with Gasteiger partial charge in [-0.2, -0.15) is 0 Å². The molecule has 0 aromatic heterocycles. The van der Waals surface area contributed by atoms with E-state index in [0.29, 0.717) is 25.9 Å². The maximum atomic E-state index is 14.0. The zero-order chi connectivity index (χ0) is 25.3. The molecular weight excluding hydrogens is 474 g/mol. The number of hydrogen-bond acceptors (Lipinski definition) is 5. The molecule has 1 aliphatic carbocycles. The van der Waals surface area contributed by atoms with E-state index in [4.69, 9.17) is 0 Å². The molecule has 3 saturated heterocycles. The molecule has 5 rings (SSSR count). The van der Waals surface area contributed by atoms with E-state index in [9.17, 15) is 19.5 Å². The van der Waals surface area contributed by atoms with Crippen LogP contribution in [-0.4, -0.2) is 62.5 Å². The van der Waals surface area contributed by atoms with Gasteiger partial charge < -0.3 is 20.6 Å². The van der Waals surface area contributed by atoms with E-state index in [1.807, 2.05) is 30.3 Å². The van der Waals surface area contributed by atoms with E-state index in [-0.39, 0.29) is 35.1 Å². The standard InChI is InChI=1S/C28H39N3O4S/c1-27-14-15-28(36-27)22(21(27)24(33)29-18-19-10-4-2-5-11-19)26(35)31(16-8-9-17-32)23(28)25(34)30-20-12-6-3-7-13-20/h2,4-5,10-11,20-23,32H,3,6-9,12-18H2,1H3,(H,29,33)(H,30,34)/t21-,22+,23?,27+,28?/m1/s1. The van der Waals surface area contributed by atoms with Crippen LogP contribution < -0.4 is 10.6 Å². The Morgan fingerprint density at radius 1 is 1.08 bits per heavy atom. The van der Waals surface area contributed by atoms with Gasteiger partial charge in [-0.3, -0.25) is 14.4 Å². The smallest absolute Gasteiger partial charge is 0.244 e. The minimum atomic E-state index is -0.571. The molecule has 2 bridgehead atoms. The maximum Gasteiger partial charge on any atom is 0.244 e. The van der Waals surface area contributed by atoms with E-state index in [1.54, 1.807) is 16.7 Å². The van der Waals surface area contributed by atoms with Gasteiger partial charge in [-0.05, 0) is 51.0 Å². The molecule has 1 aromatic rings. The first-order valence-electron chi connectivity index (χ1n) is 13.6. The number of rotatable bonds is 9. The highest BCUT2D eigenvalue weighted by Gasteiger charge is 2.77. The molecule has 4 fully saturated rings. The lowest BCUT2D eigenvalue weighted by atomic mass is 9.66. The first-order chi connectivity index (χ1) is 17.4. The number of amides is 3. The lowest BCUT2D eigenvalue weighted by molar-refractivity contribution is -0.141. The van der Waals surface area contributed by atoms with E-state index >= 15 is 0 Å². The van der Waals surface area contributed by atoms with E-state index < -0.39 is 22.6 Å². The summed E-state index contributed by atoms with van der Waals surface area (Å²) in [5.41, 5.74) is 1.02. The molecule has 3 heterocycles. The second-order valence-electron chi connectivity index (χ2n) is 11.2. The second kappa shape index (κ2) is 10.4. The van der Waals surface area contributed by atoms with Crippen molar-refractivity contribution in [3.63, 3.8) is 0 Å². The molecular formula is C28H39N3O4S. The van der Waals surface area contributed by atoms with Crippen molar-refractivity contribution >= 4 is 29.5 Å². The summed E-state index contributed by atoms with van der Waals surface area (Å²) in [4.78, 5) is 43.2. The Labute approximate surface area is 218 Å². The molecule has 2 unspecified atom stereocenters. The fraction of sp³-hybridized carbons (Fsp3) is 0.679. The summed E-state index contributed by atoms with van der Waals surface area (Å²) in [6, 6.07) is 9.41. The summed E-state index contributed by atoms with van der Waals surface area (Å²) in [7, 11) is 0. The SMILES string of the molecule is C[C@@]12CCC3(S1)C(C(=O)NC1CCCCC1)N(CCCCO)C(=O)[C@@H]3[C@@H]2C(=O)NCc1ccccc1. The van der Waals surface area contributed by atoms with Crippen LogP contribution in [0.2, 0.25) is 0 Å². The Kier molecular flexibility index (Phi) is 7.37. The number of carbonyl (C=O) groups is 3. The van der Waals surface area contributed by atoms with Gasteiger partial charge in [-0.15, -0.1) is 11.8 Å². The Hall–Kier alpha value is -2.06. The van der Waals surface area contributed by atoms with Crippen molar-refractivity contribution in [1.82, 2.24) is 15.5 Å². The lowest BCUT2D eigenvalue weighted by Gasteiger charge is -2.36. The summed E-state index contributed by atoms with van der Waals surface area (Å²) < 4.78 is -0.930. The number of fused-ring (bicyclic) bond motifs is 1. The molecule has 7 nitrogen and oxygen atoms in total. The number of carbonyl (C=O) groups excluding carboxylic acids is 3. The highest BCUT2D eigenvalue weighted by molar-refractivity contribution is 8.02. The van der Waals surface area contributed by atoms with Crippen molar-refractivity contribution in [3.8, 4) is 0 Å². The van der Waals surface area contributed by atoms with Gasteiger partial charge in [0.15, 0.2) is 0 Å². The van der Waals surface area contributed by atoms with Gasteiger partial charge in [-0.1, -0.05) is 49.6 Å². The highest BCUT2D eigenvalue weighted by atomic mass is 32.2. The normalized spacial score (nSPS) is 33.6. The Bertz CT molecular complexity index is 984. The topological polar surface area (TPSA) is 98.7 Å². The van der Waals surface area contributed by atoms with Gasteiger partial charge in [0.25, 0.3) is 0 Å². The third-order valence-electron chi connectivity index (χ3n) is 8.88. The minimum Gasteiger partial charge on any atom is -0.396 e. The van der Waals surface area contributed by atoms with Crippen LogP contribution in [0.4, 0.5) is 0 Å². The van der Waals surface area contributed by atoms with Gasteiger partial charge in [0.05, 0.1) is 16.6 Å². The maximum absolute atomic E-state index is 14.0. The Balaban J connectivity index is 1.40. The third kappa shape index (κ3) is 4.44. The summed E-state index contributed by atoms with van der Waals surface area (Å²) in [5, 5.41) is 15.7. The first kappa shape index (κ1) is 25.6. The molecule has 3 amide bonds. The first-order valence-corrected chi connectivity index (χ1v) is 14.4. The number of nitrogens with one attached hydrogen (secondary N) is 2. The average Bonchev–Trinajstić information content (AvgIpc) is 3.45. The van der Waals surface area contributed by atoms with Crippen LogP contribution in [0.25, 0.3) is 0 Å². The van der Waals surface area contributed by atoms with E-state index in [2.05, 4.69) is 17.6 Å².